The molecule has 0 aliphatic carbocycles. The molecule has 0 spiro atoms. The number of nitrogens with zero attached hydrogens (tertiary/aromatic N) is 2. The van der Waals surface area contributed by atoms with Gasteiger partial charge in [-0.15, -0.1) is 0 Å². The summed E-state index contributed by atoms with van der Waals surface area (Å²) in [6, 6.07) is 15.5. The highest BCUT2D eigenvalue weighted by molar-refractivity contribution is 6.31. The van der Waals surface area contributed by atoms with Gasteiger partial charge in [-0.05, 0) is 43.5 Å². The van der Waals surface area contributed by atoms with Gasteiger partial charge in [0.1, 0.15) is 11.4 Å². The highest BCUT2D eigenvalue weighted by Gasteiger charge is 2.47. The van der Waals surface area contributed by atoms with Gasteiger partial charge >= 0.3 is 5.97 Å². The van der Waals surface area contributed by atoms with Crippen molar-refractivity contribution in [2.24, 2.45) is 5.92 Å². The van der Waals surface area contributed by atoms with Crippen LogP contribution in [-0.2, 0) is 20.7 Å². The Morgan fingerprint density at radius 3 is 2.39 bits per heavy atom. The summed E-state index contributed by atoms with van der Waals surface area (Å²) in [5.74, 6) is -0.149. The van der Waals surface area contributed by atoms with E-state index in [0.717, 1.165) is 48.7 Å². The third kappa shape index (κ3) is 6.60. The van der Waals surface area contributed by atoms with Gasteiger partial charge in [-0.2, -0.15) is 0 Å². The van der Waals surface area contributed by atoms with Crippen LogP contribution in [0.25, 0.3) is 0 Å². The molecule has 1 aliphatic heterocycles. The number of piperidine rings is 1. The molecule has 36 heavy (non-hydrogen) atoms. The molecule has 0 radical (unpaired) electrons. The minimum absolute atomic E-state index is 0.0465. The summed E-state index contributed by atoms with van der Waals surface area (Å²) in [6.07, 6.45) is 3.16. The number of rotatable bonds is 11. The quantitative estimate of drug-likeness (QED) is 0.357. The van der Waals surface area contributed by atoms with E-state index in [9.17, 15) is 9.59 Å². The van der Waals surface area contributed by atoms with Crippen molar-refractivity contribution < 1.29 is 19.1 Å². The lowest BCUT2D eigenvalue weighted by molar-refractivity contribution is -0.174. The second-order valence-electron chi connectivity index (χ2n) is 9.46. The molecule has 1 saturated heterocycles. The van der Waals surface area contributed by atoms with Gasteiger partial charge < -0.3 is 19.3 Å². The monoisotopic (exact) mass is 514 g/mol. The number of halogens is 1. The molecule has 0 N–H and O–H groups in total. The van der Waals surface area contributed by atoms with E-state index in [4.69, 9.17) is 21.1 Å². The summed E-state index contributed by atoms with van der Waals surface area (Å²) >= 11 is 6.34. The molecule has 7 heteroatoms. The third-order valence-corrected chi connectivity index (χ3v) is 7.58. The highest BCUT2D eigenvalue weighted by atomic mass is 35.5. The maximum absolute atomic E-state index is 14.0. The SMILES string of the molecule is CCCN(C(=O)C(C)C1(OC(=O)CC)CCN(CCc2ccccc2Cl)CC1)c1ccccc1OC. The van der Waals surface area contributed by atoms with E-state index in [-0.39, 0.29) is 18.3 Å². The van der Waals surface area contributed by atoms with Gasteiger partial charge in [0, 0.05) is 50.5 Å². The Morgan fingerprint density at radius 2 is 1.75 bits per heavy atom. The fraction of sp³-hybridized carbons (Fsp3) is 0.517. The standard InChI is InChI=1S/C29H39ClN2O4/c1-5-18-32(25-13-9-10-14-26(25)35-4)28(34)22(3)29(36-27(33)6-2)16-20-31(21-17-29)19-15-23-11-7-8-12-24(23)30/h7-14,22H,5-6,15-21H2,1-4H3. The molecule has 2 aromatic rings. The van der Waals surface area contributed by atoms with Crippen LogP contribution in [0, 0.1) is 5.92 Å². The first kappa shape index (κ1) is 28.0. The van der Waals surface area contributed by atoms with Crippen molar-refractivity contribution in [3.63, 3.8) is 0 Å². The number of carbonyl (C=O) groups is 2. The van der Waals surface area contributed by atoms with E-state index in [1.165, 1.54) is 0 Å². The number of amides is 1. The molecule has 196 valence electrons. The first-order chi connectivity index (χ1) is 17.3. The van der Waals surface area contributed by atoms with Crippen LogP contribution in [0.1, 0.15) is 52.0 Å². The van der Waals surface area contributed by atoms with E-state index < -0.39 is 11.5 Å². The van der Waals surface area contributed by atoms with Crippen LogP contribution in [-0.4, -0.2) is 55.7 Å². The van der Waals surface area contributed by atoms with E-state index in [1.807, 2.05) is 56.3 Å². The van der Waals surface area contributed by atoms with E-state index >= 15 is 0 Å². The molecule has 1 atom stereocenters. The van der Waals surface area contributed by atoms with Crippen LogP contribution >= 0.6 is 11.6 Å². The van der Waals surface area contributed by atoms with Crippen molar-refractivity contribution in [3.8, 4) is 5.75 Å². The highest BCUT2D eigenvalue weighted by Crippen LogP contribution is 2.38. The summed E-state index contributed by atoms with van der Waals surface area (Å²) in [4.78, 5) is 30.6. The minimum Gasteiger partial charge on any atom is -0.495 e. The Morgan fingerprint density at radius 1 is 1.08 bits per heavy atom. The predicted molar refractivity (Wildman–Crippen MR) is 145 cm³/mol. The second-order valence-corrected chi connectivity index (χ2v) is 9.87. The van der Waals surface area contributed by atoms with Gasteiger partial charge in [0.25, 0.3) is 0 Å². The number of ether oxygens (including phenoxy) is 2. The van der Waals surface area contributed by atoms with Crippen molar-refractivity contribution >= 4 is 29.2 Å². The topological polar surface area (TPSA) is 59.1 Å². The minimum atomic E-state index is -0.834. The van der Waals surface area contributed by atoms with Gasteiger partial charge in [0.2, 0.25) is 5.91 Å². The number of hydrogen-bond donors (Lipinski definition) is 0. The number of anilines is 1. The lowest BCUT2D eigenvalue weighted by Gasteiger charge is -2.45. The van der Waals surface area contributed by atoms with Crippen LogP contribution in [0.2, 0.25) is 5.02 Å². The van der Waals surface area contributed by atoms with Gasteiger partial charge in [-0.25, -0.2) is 0 Å². The number of benzene rings is 2. The Kier molecular flexibility index (Phi) is 10.2. The Bertz CT molecular complexity index is 1020. The van der Waals surface area contributed by atoms with Crippen LogP contribution in [0.4, 0.5) is 5.69 Å². The molecule has 3 rings (SSSR count). The van der Waals surface area contributed by atoms with E-state index in [1.54, 1.807) is 18.9 Å². The molecule has 0 saturated carbocycles. The Balaban J connectivity index is 1.78. The van der Waals surface area contributed by atoms with Crippen molar-refractivity contribution in [2.75, 3.05) is 38.2 Å². The predicted octanol–water partition coefficient (Wildman–Crippen LogP) is 5.76. The van der Waals surface area contributed by atoms with Gasteiger partial charge in [-0.3, -0.25) is 9.59 Å². The van der Waals surface area contributed by atoms with Crippen molar-refractivity contribution in [2.45, 2.75) is 58.5 Å². The Labute approximate surface area is 220 Å². The van der Waals surface area contributed by atoms with E-state index in [0.29, 0.717) is 25.1 Å². The fourth-order valence-corrected chi connectivity index (χ4v) is 5.17. The molecule has 0 bridgehead atoms. The molecule has 2 aromatic carbocycles. The molecular weight excluding hydrogens is 476 g/mol. The molecule has 1 fully saturated rings. The number of esters is 1. The van der Waals surface area contributed by atoms with Crippen LogP contribution in [0.3, 0.4) is 0 Å². The van der Waals surface area contributed by atoms with E-state index in [2.05, 4.69) is 11.0 Å². The van der Waals surface area contributed by atoms with Crippen LogP contribution in [0.15, 0.2) is 48.5 Å². The summed E-state index contributed by atoms with van der Waals surface area (Å²) < 4.78 is 11.6. The number of methoxy groups -OCH3 is 1. The van der Waals surface area contributed by atoms with Gasteiger partial charge in [0.15, 0.2) is 0 Å². The number of carbonyl (C=O) groups excluding carboxylic acids is 2. The van der Waals surface area contributed by atoms with Crippen molar-refractivity contribution in [3.05, 3.63) is 59.1 Å². The average Bonchev–Trinajstić information content (AvgIpc) is 2.91. The lowest BCUT2D eigenvalue weighted by atomic mass is 9.79. The fourth-order valence-electron chi connectivity index (χ4n) is 4.94. The second kappa shape index (κ2) is 13.1. The summed E-state index contributed by atoms with van der Waals surface area (Å²) in [5, 5.41) is 0.785. The maximum atomic E-state index is 14.0. The lowest BCUT2D eigenvalue weighted by Crippen LogP contribution is -2.55. The van der Waals surface area contributed by atoms with Gasteiger partial charge in [0.05, 0.1) is 18.7 Å². The number of likely N-dealkylation sites (tertiary alicyclic amines) is 1. The number of hydrogen-bond acceptors (Lipinski definition) is 5. The molecule has 1 amide bonds. The molecule has 6 nitrogen and oxygen atoms in total. The van der Waals surface area contributed by atoms with Crippen molar-refractivity contribution in [1.82, 2.24) is 4.90 Å². The summed E-state index contributed by atoms with van der Waals surface area (Å²) in [7, 11) is 1.61. The molecular formula is C29H39ClN2O4. The average molecular weight is 515 g/mol. The molecule has 0 aromatic heterocycles. The summed E-state index contributed by atoms with van der Waals surface area (Å²) in [6.45, 7) is 8.67. The van der Waals surface area contributed by atoms with Crippen molar-refractivity contribution in [1.29, 1.82) is 0 Å². The number of para-hydroxylation sites is 2. The summed E-state index contributed by atoms with van der Waals surface area (Å²) in [5.41, 5.74) is 1.04. The first-order valence-corrected chi connectivity index (χ1v) is 13.3. The normalized spacial score (nSPS) is 16.2. The molecule has 1 aliphatic rings. The zero-order chi connectivity index (χ0) is 26.1. The molecule has 1 heterocycles. The molecule has 1 unspecified atom stereocenters. The zero-order valence-corrected chi connectivity index (χ0v) is 22.7. The first-order valence-electron chi connectivity index (χ1n) is 13.0. The third-order valence-electron chi connectivity index (χ3n) is 7.21. The van der Waals surface area contributed by atoms with Crippen LogP contribution < -0.4 is 9.64 Å². The smallest absolute Gasteiger partial charge is 0.306 e. The maximum Gasteiger partial charge on any atom is 0.306 e. The largest absolute Gasteiger partial charge is 0.495 e. The van der Waals surface area contributed by atoms with Crippen LogP contribution in [0.5, 0.6) is 5.75 Å². The Hall–Kier alpha value is -2.57. The zero-order valence-electron chi connectivity index (χ0n) is 22.0. The van der Waals surface area contributed by atoms with Gasteiger partial charge in [-0.1, -0.05) is 55.8 Å².